The molecule has 2 heterocycles. The number of hydrogen-bond acceptors (Lipinski definition) is 3. The van der Waals surface area contributed by atoms with E-state index in [0.717, 1.165) is 12.8 Å². The van der Waals surface area contributed by atoms with Crippen LogP contribution in [0, 0.1) is 0 Å². The van der Waals surface area contributed by atoms with Gasteiger partial charge in [-0.1, -0.05) is 0 Å². The lowest BCUT2D eigenvalue weighted by Gasteiger charge is -2.42. The lowest BCUT2D eigenvalue weighted by Crippen LogP contribution is -2.62. The van der Waals surface area contributed by atoms with Gasteiger partial charge in [0.1, 0.15) is 5.54 Å². The van der Waals surface area contributed by atoms with Crippen LogP contribution in [0.15, 0.2) is 0 Å². The highest BCUT2D eigenvalue weighted by Gasteiger charge is 2.44. The molecule has 2 aliphatic heterocycles. The Balaban J connectivity index is 1.99. The van der Waals surface area contributed by atoms with Gasteiger partial charge in [-0.2, -0.15) is 0 Å². The summed E-state index contributed by atoms with van der Waals surface area (Å²) in [4.78, 5) is 36.2. The van der Waals surface area contributed by atoms with E-state index in [9.17, 15) is 19.5 Å². The summed E-state index contributed by atoms with van der Waals surface area (Å²) < 4.78 is 0. The van der Waals surface area contributed by atoms with Crippen molar-refractivity contribution in [3.05, 3.63) is 0 Å². The second-order valence-electron chi connectivity index (χ2n) is 5.68. The molecule has 2 rings (SSSR count). The van der Waals surface area contributed by atoms with E-state index in [1.165, 1.54) is 4.90 Å². The number of nitrogens with zero attached hydrogens (tertiary/aromatic N) is 1. The molecule has 2 aliphatic rings. The van der Waals surface area contributed by atoms with Gasteiger partial charge in [0, 0.05) is 25.6 Å². The Morgan fingerprint density at radius 3 is 2.80 bits per heavy atom. The second-order valence-corrected chi connectivity index (χ2v) is 5.68. The first-order chi connectivity index (χ1) is 9.43. The molecule has 2 unspecified atom stereocenters. The molecule has 2 atom stereocenters. The fourth-order valence-corrected chi connectivity index (χ4v) is 2.78. The number of carboxylic acid groups (broad SMARTS) is 1. The molecule has 0 aromatic rings. The van der Waals surface area contributed by atoms with Gasteiger partial charge in [-0.05, 0) is 32.6 Å². The zero-order valence-corrected chi connectivity index (χ0v) is 11.6. The van der Waals surface area contributed by atoms with Gasteiger partial charge in [0.2, 0.25) is 5.91 Å². The molecule has 0 radical (unpaired) electrons. The first-order valence-electron chi connectivity index (χ1n) is 7.02. The van der Waals surface area contributed by atoms with E-state index in [-0.39, 0.29) is 18.0 Å². The van der Waals surface area contributed by atoms with Gasteiger partial charge in [0.15, 0.2) is 0 Å². The predicted octanol–water partition coefficient (Wildman–Crippen LogP) is 0.304. The SMILES string of the molecule is CC1(C(=O)O)CCCCN1C(=O)NC1CCC(=O)NC1. The maximum atomic E-state index is 12.3. The summed E-state index contributed by atoms with van der Waals surface area (Å²) in [6.07, 6.45) is 3.08. The van der Waals surface area contributed by atoms with E-state index in [2.05, 4.69) is 10.6 Å². The quantitative estimate of drug-likeness (QED) is 0.679. The maximum Gasteiger partial charge on any atom is 0.329 e. The van der Waals surface area contributed by atoms with Crippen molar-refractivity contribution in [2.75, 3.05) is 13.1 Å². The van der Waals surface area contributed by atoms with E-state index in [4.69, 9.17) is 0 Å². The van der Waals surface area contributed by atoms with E-state index in [1.807, 2.05) is 0 Å². The van der Waals surface area contributed by atoms with E-state index < -0.39 is 11.5 Å². The molecule has 3 N–H and O–H groups in total. The molecule has 20 heavy (non-hydrogen) atoms. The molecule has 112 valence electrons. The number of urea groups is 1. The number of carbonyl (C=O) groups excluding carboxylic acids is 2. The molecule has 2 saturated heterocycles. The van der Waals surface area contributed by atoms with Gasteiger partial charge in [0.25, 0.3) is 0 Å². The van der Waals surface area contributed by atoms with Crippen molar-refractivity contribution in [3.63, 3.8) is 0 Å². The summed E-state index contributed by atoms with van der Waals surface area (Å²) in [6, 6.07) is -0.476. The molecule has 0 aromatic heterocycles. The fraction of sp³-hybridized carbons (Fsp3) is 0.769. The molecule has 3 amide bonds. The Bertz CT molecular complexity index is 416. The van der Waals surface area contributed by atoms with Crippen LogP contribution in [0.4, 0.5) is 4.79 Å². The molecular formula is C13H21N3O4. The minimum absolute atomic E-state index is 0.0103. The number of hydrogen-bond donors (Lipinski definition) is 3. The van der Waals surface area contributed by atoms with Gasteiger partial charge in [-0.25, -0.2) is 9.59 Å². The van der Waals surface area contributed by atoms with E-state index >= 15 is 0 Å². The third-order valence-electron chi connectivity index (χ3n) is 4.19. The summed E-state index contributed by atoms with van der Waals surface area (Å²) in [5.74, 6) is -0.979. The van der Waals surface area contributed by atoms with E-state index in [0.29, 0.717) is 32.4 Å². The highest BCUT2D eigenvalue weighted by molar-refractivity contribution is 5.86. The number of nitrogens with one attached hydrogen (secondary N) is 2. The van der Waals surface area contributed by atoms with Gasteiger partial charge in [0.05, 0.1) is 0 Å². The Labute approximate surface area is 117 Å². The Morgan fingerprint density at radius 2 is 2.20 bits per heavy atom. The first-order valence-corrected chi connectivity index (χ1v) is 7.02. The molecule has 2 fully saturated rings. The monoisotopic (exact) mass is 283 g/mol. The average Bonchev–Trinajstić information content (AvgIpc) is 2.41. The summed E-state index contributed by atoms with van der Waals surface area (Å²) in [6.45, 7) is 2.45. The number of piperidine rings is 2. The molecule has 0 aromatic carbocycles. The summed E-state index contributed by atoms with van der Waals surface area (Å²) in [5, 5.41) is 14.9. The van der Waals surface area contributed by atoms with Gasteiger partial charge >= 0.3 is 12.0 Å². The van der Waals surface area contributed by atoms with Crippen LogP contribution in [0.2, 0.25) is 0 Å². The van der Waals surface area contributed by atoms with Crippen molar-refractivity contribution in [1.29, 1.82) is 0 Å². The first kappa shape index (κ1) is 14.6. The topological polar surface area (TPSA) is 98.7 Å². The van der Waals surface area contributed by atoms with Crippen LogP contribution in [0.25, 0.3) is 0 Å². The maximum absolute atomic E-state index is 12.3. The van der Waals surface area contributed by atoms with Crippen molar-refractivity contribution in [3.8, 4) is 0 Å². The number of rotatable bonds is 2. The van der Waals surface area contributed by atoms with Crippen LogP contribution in [0.5, 0.6) is 0 Å². The largest absolute Gasteiger partial charge is 0.480 e. The third-order valence-corrected chi connectivity index (χ3v) is 4.19. The minimum Gasteiger partial charge on any atom is -0.480 e. The number of carbonyl (C=O) groups is 3. The normalized spacial score (nSPS) is 30.6. The van der Waals surface area contributed by atoms with Crippen molar-refractivity contribution in [1.82, 2.24) is 15.5 Å². The second kappa shape index (κ2) is 5.68. The number of amides is 3. The summed E-state index contributed by atoms with van der Waals surface area (Å²) in [5.41, 5.74) is -1.14. The zero-order valence-electron chi connectivity index (χ0n) is 11.6. The lowest BCUT2D eigenvalue weighted by atomic mass is 9.89. The third kappa shape index (κ3) is 2.86. The minimum atomic E-state index is -1.14. The van der Waals surface area contributed by atoms with Crippen LogP contribution in [0.3, 0.4) is 0 Å². The van der Waals surface area contributed by atoms with Crippen LogP contribution in [0.1, 0.15) is 39.0 Å². The number of likely N-dealkylation sites (tertiary alicyclic amines) is 1. The Kier molecular flexibility index (Phi) is 4.15. The summed E-state index contributed by atoms with van der Waals surface area (Å²) in [7, 11) is 0. The number of aliphatic carboxylic acids is 1. The molecule has 7 nitrogen and oxygen atoms in total. The highest BCUT2D eigenvalue weighted by atomic mass is 16.4. The van der Waals surface area contributed by atoms with Gasteiger partial charge in [-0.3, -0.25) is 4.79 Å². The fourth-order valence-electron chi connectivity index (χ4n) is 2.78. The highest BCUT2D eigenvalue weighted by Crippen LogP contribution is 2.28. The van der Waals surface area contributed by atoms with Crippen LogP contribution < -0.4 is 10.6 Å². The van der Waals surface area contributed by atoms with Crippen molar-refractivity contribution in [2.24, 2.45) is 0 Å². The standard InChI is InChI=1S/C13H21N3O4/c1-13(11(18)19)6-2-3-7-16(13)12(20)15-9-4-5-10(17)14-8-9/h9H,2-8H2,1H3,(H,14,17)(H,15,20)(H,18,19). The molecular weight excluding hydrogens is 262 g/mol. The molecule has 0 saturated carbocycles. The van der Waals surface area contributed by atoms with Crippen LogP contribution in [-0.4, -0.2) is 52.6 Å². The molecule has 0 aliphatic carbocycles. The van der Waals surface area contributed by atoms with Crippen LogP contribution >= 0.6 is 0 Å². The average molecular weight is 283 g/mol. The molecule has 0 bridgehead atoms. The van der Waals surface area contributed by atoms with Crippen LogP contribution in [-0.2, 0) is 9.59 Å². The van der Waals surface area contributed by atoms with Crippen molar-refractivity contribution in [2.45, 2.75) is 50.6 Å². The number of carboxylic acids is 1. The summed E-state index contributed by atoms with van der Waals surface area (Å²) >= 11 is 0. The molecule has 7 heteroatoms. The smallest absolute Gasteiger partial charge is 0.329 e. The lowest BCUT2D eigenvalue weighted by molar-refractivity contribution is -0.150. The van der Waals surface area contributed by atoms with Crippen molar-refractivity contribution >= 4 is 17.9 Å². The molecule has 0 spiro atoms. The Morgan fingerprint density at radius 1 is 1.45 bits per heavy atom. The van der Waals surface area contributed by atoms with Gasteiger partial charge < -0.3 is 20.6 Å². The Hall–Kier alpha value is -1.79. The van der Waals surface area contributed by atoms with E-state index in [1.54, 1.807) is 6.92 Å². The predicted molar refractivity (Wildman–Crippen MR) is 71.2 cm³/mol. The van der Waals surface area contributed by atoms with Gasteiger partial charge in [-0.15, -0.1) is 0 Å². The van der Waals surface area contributed by atoms with Crippen molar-refractivity contribution < 1.29 is 19.5 Å². The zero-order chi connectivity index (χ0) is 14.8.